The third kappa shape index (κ3) is 4.34. The van der Waals surface area contributed by atoms with Crippen LogP contribution >= 0.6 is 11.3 Å². The second-order valence-electron chi connectivity index (χ2n) is 5.12. The molecule has 0 spiro atoms. The Morgan fingerprint density at radius 2 is 2.29 bits per heavy atom. The summed E-state index contributed by atoms with van der Waals surface area (Å²) in [4.78, 5) is 14.2. The SMILES string of the molecule is C[C@H](c1ccc(OCC(F)(F)F)s1)N1CCC(C(N)=O)C1. The van der Waals surface area contributed by atoms with Gasteiger partial charge in [-0.2, -0.15) is 13.2 Å². The quantitative estimate of drug-likeness (QED) is 0.906. The van der Waals surface area contributed by atoms with Gasteiger partial charge in [-0.05, 0) is 32.0 Å². The summed E-state index contributed by atoms with van der Waals surface area (Å²) in [5.41, 5.74) is 5.29. The predicted molar refractivity (Wildman–Crippen MR) is 73.2 cm³/mol. The van der Waals surface area contributed by atoms with Gasteiger partial charge in [0.05, 0.1) is 5.92 Å². The van der Waals surface area contributed by atoms with Crippen LogP contribution in [0.15, 0.2) is 12.1 Å². The molecule has 4 nitrogen and oxygen atoms in total. The summed E-state index contributed by atoms with van der Waals surface area (Å²) in [5.74, 6) is -0.446. The molecule has 2 atom stereocenters. The van der Waals surface area contributed by atoms with Gasteiger partial charge in [-0.3, -0.25) is 9.69 Å². The summed E-state index contributed by atoms with van der Waals surface area (Å²) in [6, 6.07) is 3.34. The van der Waals surface area contributed by atoms with Crippen LogP contribution in [-0.4, -0.2) is 36.7 Å². The van der Waals surface area contributed by atoms with E-state index in [1.54, 1.807) is 12.1 Å². The molecule has 1 aliphatic heterocycles. The predicted octanol–water partition coefficient (Wildman–Crippen LogP) is 2.56. The van der Waals surface area contributed by atoms with Gasteiger partial charge in [-0.15, -0.1) is 11.3 Å². The standard InChI is InChI=1S/C13H17F3N2O2S/c1-8(18-5-4-9(6-18)12(17)19)10-2-3-11(21-10)20-7-13(14,15)16/h2-3,8-9H,4-7H2,1H3,(H2,17,19)/t8-,9?/m1/s1. The number of primary amides is 1. The molecule has 2 rings (SSSR count). The lowest BCUT2D eigenvalue weighted by molar-refractivity contribution is -0.152. The molecule has 0 aliphatic carbocycles. The summed E-state index contributed by atoms with van der Waals surface area (Å²) in [6.07, 6.45) is -3.61. The molecule has 1 aromatic rings. The Morgan fingerprint density at radius 3 is 2.86 bits per heavy atom. The molecule has 2 N–H and O–H groups in total. The number of rotatable bonds is 5. The smallest absolute Gasteiger partial charge is 0.422 e. The first-order valence-electron chi connectivity index (χ1n) is 6.59. The van der Waals surface area contributed by atoms with Crippen molar-refractivity contribution in [3.8, 4) is 5.06 Å². The molecule has 118 valence electrons. The number of carbonyl (C=O) groups is 1. The van der Waals surface area contributed by atoms with E-state index in [0.29, 0.717) is 6.54 Å². The van der Waals surface area contributed by atoms with Crippen LogP contribution in [0.1, 0.15) is 24.3 Å². The Hall–Kier alpha value is -1.28. The number of alkyl halides is 3. The maximum absolute atomic E-state index is 12.1. The minimum Gasteiger partial charge on any atom is -0.475 e. The number of nitrogens with zero attached hydrogens (tertiary/aromatic N) is 1. The van der Waals surface area contributed by atoms with Crippen molar-refractivity contribution in [2.45, 2.75) is 25.6 Å². The van der Waals surface area contributed by atoms with Gasteiger partial charge in [0, 0.05) is 17.5 Å². The highest BCUT2D eigenvalue weighted by molar-refractivity contribution is 7.13. The minimum atomic E-state index is -4.33. The number of thiophene rings is 1. The van der Waals surface area contributed by atoms with Crippen LogP contribution in [0.25, 0.3) is 0 Å². The summed E-state index contributed by atoms with van der Waals surface area (Å²) in [6.45, 7) is 2.02. The maximum Gasteiger partial charge on any atom is 0.422 e. The molecular weight excluding hydrogens is 305 g/mol. The Bertz CT molecular complexity index is 504. The topological polar surface area (TPSA) is 55.6 Å². The Balaban J connectivity index is 1.93. The van der Waals surface area contributed by atoms with E-state index in [4.69, 9.17) is 10.5 Å². The van der Waals surface area contributed by atoms with Gasteiger partial charge < -0.3 is 10.5 Å². The molecule has 2 heterocycles. The van der Waals surface area contributed by atoms with Crippen LogP contribution in [0.5, 0.6) is 5.06 Å². The molecule has 1 aromatic heterocycles. The second kappa shape index (κ2) is 6.23. The Morgan fingerprint density at radius 1 is 1.57 bits per heavy atom. The highest BCUT2D eigenvalue weighted by Crippen LogP contribution is 2.35. The normalized spacial score (nSPS) is 21.4. The van der Waals surface area contributed by atoms with Gasteiger partial charge in [-0.25, -0.2) is 0 Å². The van der Waals surface area contributed by atoms with Gasteiger partial charge in [0.15, 0.2) is 11.7 Å². The van der Waals surface area contributed by atoms with Crippen LogP contribution in [0.3, 0.4) is 0 Å². The molecule has 8 heteroatoms. The molecule has 0 aromatic carbocycles. The maximum atomic E-state index is 12.1. The van der Waals surface area contributed by atoms with Crippen LogP contribution in [0.4, 0.5) is 13.2 Å². The molecule has 1 saturated heterocycles. The summed E-state index contributed by atoms with van der Waals surface area (Å²) >= 11 is 1.20. The third-order valence-corrected chi connectivity index (χ3v) is 4.73. The lowest BCUT2D eigenvalue weighted by Gasteiger charge is -2.22. The number of hydrogen-bond donors (Lipinski definition) is 1. The number of nitrogens with two attached hydrogens (primary N) is 1. The van der Waals surface area contributed by atoms with Crippen LogP contribution in [0.2, 0.25) is 0 Å². The van der Waals surface area contributed by atoms with Crippen molar-refractivity contribution in [3.05, 3.63) is 17.0 Å². The first kappa shape index (κ1) is 16.1. The van der Waals surface area contributed by atoms with Crippen molar-refractivity contribution < 1.29 is 22.7 Å². The molecule has 21 heavy (non-hydrogen) atoms. The molecule has 1 unspecified atom stereocenters. The van der Waals surface area contributed by atoms with E-state index < -0.39 is 12.8 Å². The number of amides is 1. The fraction of sp³-hybridized carbons (Fsp3) is 0.615. The lowest BCUT2D eigenvalue weighted by atomic mass is 10.1. The van der Waals surface area contributed by atoms with E-state index >= 15 is 0 Å². The van der Waals surface area contributed by atoms with E-state index in [1.165, 1.54) is 11.3 Å². The van der Waals surface area contributed by atoms with Crippen molar-refractivity contribution in [1.29, 1.82) is 0 Å². The van der Waals surface area contributed by atoms with Crippen LogP contribution in [-0.2, 0) is 4.79 Å². The van der Waals surface area contributed by atoms with Crippen LogP contribution in [0, 0.1) is 5.92 Å². The lowest BCUT2D eigenvalue weighted by Crippen LogP contribution is -2.28. The van der Waals surface area contributed by atoms with Crippen LogP contribution < -0.4 is 10.5 Å². The Labute approximate surface area is 124 Å². The monoisotopic (exact) mass is 322 g/mol. The summed E-state index contributed by atoms with van der Waals surface area (Å²) < 4.78 is 41.0. The average Bonchev–Trinajstić information content (AvgIpc) is 3.04. The van der Waals surface area contributed by atoms with E-state index in [9.17, 15) is 18.0 Å². The largest absolute Gasteiger partial charge is 0.475 e. The highest BCUT2D eigenvalue weighted by atomic mass is 32.1. The molecule has 0 radical (unpaired) electrons. The molecule has 1 amide bonds. The number of likely N-dealkylation sites (tertiary alicyclic amines) is 1. The summed E-state index contributed by atoms with van der Waals surface area (Å²) in [5, 5.41) is 0.250. The minimum absolute atomic E-state index is 0.0302. The van der Waals surface area contributed by atoms with E-state index in [0.717, 1.165) is 17.8 Å². The summed E-state index contributed by atoms with van der Waals surface area (Å²) in [7, 11) is 0. The zero-order valence-corrected chi connectivity index (χ0v) is 12.3. The number of halogens is 3. The first-order chi connectivity index (χ1) is 9.76. The van der Waals surface area contributed by atoms with Crippen molar-refractivity contribution in [2.24, 2.45) is 11.7 Å². The zero-order chi connectivity index (χ0) is 15.6. The van der Waals surface area contributed by atoms with Gasteiger partial charge in [0.2, 0.25) is 5.91 Å². The number of hydrogen-bond acceptors (Lipinski definition) is 4. The number of ether oxygens (including phenoxy) is 1. The zero-order valence-electron chi connectivity index (χ0n) is 11.5. The second-order valence-corrected chi connectivity index (χ2v) is 6.20. The van der Waals surface area contributed by atoms with Gasteiger partial charge >= 0.3 is 6.18 Å². The van der Waals surface area contributed by atoms with Crippen molar-refractivity contribution in [1.82, 2.24) is 4.90 Å². The molecule has 0 bridgehead atoms. The average molecular weight is 322 g/mol. The fourth-order valence-corrected chi connectivity index (χ4v) is 3.28. The molecule has 1 aliphatic rings. The molecule has 0 saturated carbocycles. The number of carbonyl (C=O) groups excluding carboxylic acids is 1. The van der Waals surface area contributed by atoms with Crippen molar-refractivity contribution in [2.75, 3.05) is 19.7 Å². The van der Waals surface area contributed by atoms with Gasteiger partial charge in [0.25, 0.3) is 0 Å². The van der Waals surface area contributed by atoms with E-state index in [1.807, 2.05) is 6.92 Å². The fourth-order valence-electron chi connectivity index (χ4n) is 2.34. The highest BCUT2D eigenvalue weighted by Gasteiger charge is 2.31. The van der Waals surface area contributed by atoms with E-state index in [-0.39, 0.29) is 22.9 Å². The van der Waals surface area contributed by atoms with Crippen molar-refractivity contribution >= 4 is 17.2 Å². The third-order valence-electron chi connectivity index (χ3n) is 3.56. The molecule has 1 fully saturated rings. The first-order valence-corrected chi connectivity index (χ1v) is 7.40. The van der Waals surface area contributed by atoms with E-state index in [2.05, 4.69) is 4.90 Å². The van der Waals surface area contributed by atoms with Gasteiger partial charge in [0.1, 0.15) is 0 Å². The molecular formula is C13H17F3N2O2S. The Kier molecular flexibility index (Phi) is 4.77. The van der Waals surface area contributed by atoms with Crippen molar-refractivity contribution in [3.63, 3.8) is 0 Å². The van der Waals surface area contributed by atoms with Gasteiger partial charge in [-0.1, -0.05) is 0 Å².